The van der Waals surface area contributed by atoms with Gasteiger partial charge in [-0.1, -0.05) is 25.7 Å². The Labute approximate surface area is 139 Å². The van der Waals surface area contributed by atoms with Gasteiger partial charge in [-0.2, -0.15) is 0 Å². The Morgan fingerprint density at radius 3 is 0.864 bits per heavy atom. The predicted octanol–water partition coefficient (Wildman–Crippen LogP) is 4.34. The van der Waals surface area contributed by atoms with E-state index in [9.17, 15) is 0 Å². The third-order valence-electron chi connectivity index (χ3n) is 7.81. The maximum absolute atomic E-state index is 2.59. The summed E-state index contributed by atoms with van der Waals surface area (Å²) >= 11 is 0. The van der Waals surface area contributed by atoms with Gasteiger partial charge >= 0.3 is 0 Å². The Bertz CT molecular complexity index is 306. The molecule has 0 radical (unpaired) electrons. The van der Waals surface area contributed by atoms with Crippen molar-refractivity contribution in [1.29, 1.82) is 0 Å². The van der Waals surface area contributed by atoms with E-state index in [1.165, 1.54) is 86.0 Å². The van der Waals surface area contributed by atoms with Crippen LogP contribution < -0.4 is 0 Å². The van der Waals surface area contributed by atoms with Crippen LogP contribution in [0, 0.1) is 0 Å². The van der Waals surface area contributed by atoms with E-state index in [4.69, 9.17) is 0 Å². The first kappa shape index (κ1) is 16.8. The molecule has 128 valence electrons. The molecule has 0 aromatic carbocycles. The van der Waals surface area contributed by atoms with Crippen molar-refractivity contribution in [2.24, 2.45) is 0 Å². The zero-order chi connectivity index (χ0) is 15.8. The summed E-state index contributed by atoms with van der Waals surface area (Å²) in [5, 5.41) is 0. The standard InChI is InChI=1S/C20H40N2/c1-21(2)17-13-9-5-7-11-15-19(17)22(3,4)20-16-12-8-6-10-14-18(20)21/h17-20H,5-16H2,1-4H3/q+2. The van der Waals surface area contributed by atoms with Gasteiger partial charge in [0.25, 0.3) is 0 Å². The molecule has 3 rings (SSSR count). The minimum absolute atomic E-state index is 0.899. The highest BCUT2D eigenvalue weighted by Gasteiger charge is 2.59. The Morgan fingerprint density at radius 2 is 0.636 bits per heavy atom. The Kier molecular flexibility index (Phi) is 4.90. The average Bonchev–Trinajstić information content (AvgIpc) is 2.34. The summed E-state index contributed by atoms with van der Waals surface area (Å²) in [6.07, 6.45) is 17.7. The molecule has 22 heavy (non-hydrogen) atoms. The number of hydrogen-bond donors (Lipinski definition) is 0. The van der Waals surface area contributed by atoms with Crippen LogP contribution >= 0.6 is 0 Å². The van der Waals surface area contributed by atoms with E-state index >= 15 is 0 Å². The molecular weight excluding hydrogens is 268 g/mol. The van der Waals surface area contributed by atoms with Crippen molar-refractivity contribution in [3.8, 4) is 0 Å². The number of hydrogen-bond acceptors (Lipinski definition) is 0. The fourth-order valence-corrected chi connectivity index (χ4v) is 6.49. The van der Waals surface area contributed by atoms with Crippen LogP contribution in [0.4, 0.5) is 0 Å². The zero-order valence-electron chi connectivity index (χ0n) is 15.7. The maximum atomic E-state index is 2.59. The van der Waals surface area contributed by atoms with Gasteiger partial charge in [0.05, 0.1) is 28.2 Å². The quantitative estimate of drug-likeness (QED) is 0.584. The average molecular weight is 309 g/mol. The van der Waals surface area contributed by atoms with E-state index in [1.54, 1.807) is 0 Å². The lowest BCUT2D eigenvalue weighted by Crippen LogP contribution is -2.79. The first-order valence-electron chi connectivity index (χ1n) is 10.1. The summed E-state index contributed by atoms with van der Waals surface area (Å²) in [6.45, 7) is 0. The van der Waals surface area contributed by atoms with Crippen LogP contribution in [0.3, 0.4) is 0 Å². The van der Waals surface area contributed by atoms with Crippen molar-refractivity contribution in [2.45, 2.75) is 101 Å². The molecule has 1 heterocycles. The molecule has 3 fully saturated rings. The third kappa shape index (κ3) is 2.86. The van der Waals surface area contributed by atoms with Crippen molar-refractivity contribution in [1.82, 2.24) is 0 Å². The Morgan fingerprint density at radius 1 is 0.409 bits per heavy atom. The molecule has 0 bridgehead atoms. The second-order valence-electron chi connectivity index (χ2n) is 9.51. The van der Waals surface area contributed by atoms with E-state index in [0.29, 0.717) is 0 Å². The molecule has 0 amide bonds. The number of likely N-dealkylation sites (N-methyl/N-ethyl adjacent to an activating group) is 2. The molecule has 0 N–H and O–H groups in total. The highest BCUT2D eigenvalue weighted by molar-refractivity contribution is 4.87. The van der Waals surface area contributed by atoms with Gasteiger partial charge in [0.15, 0.2) is 0 Å². The molecule has 2 aliphatic carbocycles. The first-order valence-corrected chi connectivity index (χ1v) is 10.1. The highest BCUT2D eigenvalue weighted by atomic mass is 15.5. The summed E-state index contributed by atoms with van der Waals surface area (Å²) in [5.41, 5.74) is 0. The van der Waals surface area contributed by atoms with Gasteiger partial charge in [0, 0.05) is 25.7 Å². The summed E-state index contributed by atoms with van der Waals surface area (Å²) in [4.78, 5) is 0. The highest BCUT2D eigenvalue weighted by Crippen LogP contribution is 2.43. The van der Waals surface area contributed by atoms with Crippen molar-refractivity contribution >= 4 is 0 Å². The summed E-state index contributed by atoms with van der Waals surface area (Å²) in [7, 11) is 10.4. The van der Waals surface area contributed by atoms with Crippen LogP contribution in [-0.4, -0.2) is 61.3 Å². The fraction of sp³-hybridized carbons (Fsp3) is 1.00. The Balaban J connectivity index is 1.95. The van der Waals surface area contributed by atoms with Gasteiger partial charge in [0.2, 0.25) is 0 Å². The second kappa shape index (κ2) is 6.43. The first-order chi connectivity index (χ1) is 10.5. The van der Waals surface area contributed by atoms with Crippen LogP contribution in [0.5, 0.6) is 0 Å². The van der Waals surface area contributed by atoms with Crippen LogP contribution in [0.2, 0.25) is 0 Å². The molecule has 1 aliphatic heterocycles. The van der Waals surface area contributed by atoms with Crippen molar-refractivity contribution in [3.05, 3.63) is 0 Å². The lowest BCUT2D eigenvalue weighted by molar-refractivity contribution is -1.07. The number of fused-ring (bicyclic) bond motifs is 2. The molecule has 4 unspecified atom stereocenters. The van der Waals surface area contributed by atoms with Gasteiger partial charge in [-0.3, -0.25) is 0 Å². The molecule has 4 atom stereocenters. The largest absolute Gasteiger partial charge is 0.314 e. The SMILES string of the molecule is C[N+]1(C)C2CCCCCCC2[N+](C)(C)C2CCCCCCC21. The molecule has 0 aromatic rings. The van der Waals surface area contributed by atoms with Crippen LogP contribution in [0.25, 0.3) is 0 Å². The van der Waals surface area contributed by atoms with E-state index in [0.717, 1.165) is 24.2 Å². The second-order valence-corrected chi connectivity index (χ2v) is 9.51. The molecule has 2 saturated carbocycles. The van der Waals surface area contributed by atoms with Crippen LogP contribution in [-0.2, 0) is 0 Å². The van der Waals surface area contributed by atoms with Gasteiger partial charge in [-0.05, 0) is 25.7 Å². The summed E-state index contributed by atoms with van der Waals surface area (Å²) in [5.74, 6) is 0. The van der Waals surface area contributed by atoms with E-state index < -0.39 is 0 Å². The van der Waals surface area contributed by atoms with Crippen molar-refractivity contribution in [3.63, 3.8) is 0 Å². The van der Waals surface area contributed by atoms with Crippen molar-refractivity contribution in [2.75, 3.05) is 28.2 Å². The smallest absolute Gasteiger partial charge is 0.141 e. The van der Waals surface area contributed by atoms with Crippen LogP contribution in [0.15, 0.2) is 0 Å². The van der Waals surface area contributed by atoms with Gasteiger partial charge in [0.1, 0.15) is 24.2 Å². The van der Waals surface area contributed by atoms with E-state index in [1.807, 2.05) is 0 Å². The lowest BCUT2D eigenvalue weighted by Gasteiger charge is -2.62. The zero-order valence-corrected chi connectivity index (χ0v) is 15.7. The Hall–Kier alpha value is -0.0800. The van der Waals surface area contributed by atoms with E-state index in [-0.39, 0.29) is 0 Å². The third-order valence-corrected chi connectivity index (χ3v) is 7.81. The molecular formula is C20H40N2+2. The summed E-state index contributed by atoms with van der Waals surface area (Å²) in [6, 6.07) is 3.60. The number of piperazine rings is 1. The van der Waals surface area contributed by atoms with Gasteiger partial charge in [-0.25, -0.2) is 0 Å². The molecule has 3 aliphatic rings. The van der Waals surface area contributed by atoms with E-state index in [2.05, 4.69) is 28.2 Å². The normalized spacial score (nSPS) is 42.0. The minimum atomic E-state index is 0.899. The monoisotopic (exact) mass is 308 g/mol. The number of rotatable bonds is 0. The lowest BCUT2D eigenvalue weighted by atomic mass is 9.77. The maximum Gasteiger partial charge on any atom is 0.141 e. The topological polar surface area (TPSA) is 0 Å². The molecule has 2 nitrogen and oxygen atoms in total. The minimum Gasteiger partial charge on any atom is -0.314 e. The van der Waals surface area contributed by atoms with Gasteiger partial charge < -0.3 is 8.97 Å². The number of nitrogens with zero attached hydrogens (tertiary/aromatic N) is 2. The predicted molar refractivity (Wildman–Crippen MR) is 94.8 cm³/mol. The molecule has 0 aromatic heterocycles. The fourth-order valence-electron chi connectivity index (χ4n) is 6.49. The molecule has 1 saturated heterocycles. The van der Waals surface area contributed by atoms with Crippen molar-refractivity contribution < 1.29 is 8.97 Å². The molecule has 0 spiro atoms. The molecule has 2 heteroatoms. The summed E-state index contributed by atoms with van der Waals surface area (Å²) < 4.78 is 2.66. The van der Waals surface area contributed by atoms with Crippen LogP contribution in [0.1, 0.15) is 77.0 Å². The number of quaternary nitrogens is 2. The van der Waals surface area contributed by atoms with Gasteiger partial charge in [-0.15, -0.1) is 0 Å².